The fraction of sp³-hybridized carbons (Fsp3) is 0.111. The van der Waals surface area contributed by atoms with Crippen molar-refractivity contribution in [1.29, 1.82) is 0 Å². The van der Waals surface area contributed by atoms with Gasteiger partial charge >= 0.3 is 0 Å². The number of hydrogen-bond donors (Lipinski definition) is 0. The highest BCUT2D eigenvalue weighted by atomic mass is 35.5. The lowest BCUT2D eigenvalue weighted by molar-refractivity contribution is -0.123. The van der Waals surface area contributed by atoms with Crippen LogP contribution in [0.1, 0.15) is 11.1 Å². The van der Waals surface area contributed by atoms with Crippen LogP contribution in [0, 0.1) is 5.82 Å². The second-order valence-electron chi connectivity index (χ2n) is 8.08. The van der Waals surface area contributed by atoms with E-state index in [-0.39, 0.29) is 24.3 Å². The third-order valence-electron chi connectivity index (χ3n) is 5.74. The molecule has 1 fully saturated rings. The Balaban J connectivity index is 1.37. The van der Waals surface area contributed by atoms with Crippen molar-refractivity contribution in [2.24, 2.45) is 0 Å². The fourth-order valence-corrected chi connectivity index (χ4v) is 5.27. The van der Waals surface area contributed by atoms with Crippen LogP contribution in [0.25, 0.3) is 17.0 Å². The number of carbonyl (C=O) groups is 2. The summed E-state index contributed by atoms with van der Waals surface area (Å²) in [6, 6.07) is 19.1. The first-order chi connectivity index (χ1) is 17.4. The molecule has 182 valence electrons. The average Bonchev–Trinajstić information content (AvgIpc) is 3.34. The first kappa shape index (κ1) is 24.4. The fourth-order valence-electron chi connectivity index (χ4n) is 4.00. The van der Waals surface area contributed by atoms with Gasteiger partial charge in [0.05, 0.1) is 16.5 Å². The van der Waals surface area contributed by atoms with Crippen LogP contribution in [-0.4, -0.2) is 33.8 Å². The molecule has 5 rings (SSSR count). The van der Waals surface area contributed by atoms with Crippen molar-refractivity contribution in [3.8, 4) is 5.75 Å². The summed E-state index contributed by atoms with van der Waals surface area (Å²) < 4.78 is 21.1. The minimum absolute atomic E-state index is 0.109. The van der Waals surface area contributed by atoms with Gasteiger partial charge in [-0.05, 0) is 53.7 Å². The standard InChI is InChI=1S/C27H19Cl2FN2O3S/c28-21-6-2-4-8-24(21)35-12-11-32-26(33)25(36-27(32)34)13-18-16-31(23-7-3-1-5-20(18)23)15-17-9-10-19(30)14-22(17)29/h1-10,13-14,16H,11-12,15H2/b25-13-. The molecule has 0 saturated carbocycles. The second kappa shape index (κ2) is 10.4. The van der Waals surface area contributed by atoms with Gasteiger partial charge < -0.3 is 9.30 Å². The Morgan fingerprint density at radius 3 is 2.56 bits per heavy atom. The predicted octanol–water partition coefficient (Wildman–Crippen LogP) is 7.25. The van der Waals surface area contributed by atoms with Crippen molar-refractivity contribution in [2.75, 3.05) is 13.2 Å². The van der Waals surface area contributed by atoms with E-state index in [1.165, 1.54) is 17.0 Å². The SMILES string of the molecule is O=C1S/C(=C\c2cn(Cc3ccc(F)cc3Cl)c3ccccc23)C(=O)N1CCOc1ccccc1Cl. The van der Waals surface area contributed by atoms with Crippen LogP contribution in [0.15, 0.2) is 77.8 Å². The lowest BCUT2D eigenvalue weighted by Gasteiger charge is -2.13. The van der Waals surface area contributed by atoms with E-state index in [9.17, 15) is 14.0 Å². The Morgan fingerprint density at radius 1 is 0.972 bits per heavy atom. The topological polar surface area (TPSA) is 51.5 Å². The van der Waals surface area contributed by atoms with Crippen molar-refractivity contribution in [3.05, 3.63) is 105 Å². The van der Waals surface area contributed by atoms with Gasteiger partial charge in [0.2, 0.25) is 0 Å². The molecule has 0 atom stereocenters. The summed E-state index contributed by atoms with van der Waals surface area (Å²) >= 11 is 13.2. The summed E-state index contributed by atoms with van der Waals surface area (Å²) in [5, 5.41) is 1.37. The van der Waals surface area contributed by atoms with Crippen LogP contribution < -0.4 is 4.74 Å². The van der Waals surface area contributed by atoms with Crippen LogP contribution in [-0.2, 0) is 11.3 Å². The molecular formula is C27H19Cl2FN2O3S. The molecule has 0 spiro atoms. The van der Waals surface area contributed by atoms with E-state index in [0.29, 0.717) is 27.2 Å². The number of thioether (sulfide) groups is 1. The Hall–Kier alpha value is -3.26. The molecule has 0 aliphatic carbocycles. The van der Waals surface area contributed by atoms with Crippen molar-refractivity contribution in [2.45, 2.75) is 6.54 Å². The zero-order valence-corrected chi connectivity index (χ0v) is 21.1. The molecular weight excluding hydrogens is 522 g/mol. The molecule has 2 amide bonds. The largest absolute Gasteiger partial charge is 0.490 e. The van der Waals surface area contributed by atoms with Crippen molar-refractivity contribution in [1.82, 2.24) is 9.47 Å². The van der Waals surface area contributed by atoms with E-state index in [4.69, 9.17) is 27.9 Å². The molecule has 1 aliphatic rings. The highest BCUT2D eigenvalue weighted by Gasteiger charge is 2.35. The number of rotatable bonds is 7. The number of amides is 2. The minimum Gasteiger partial charge on any atom is -0.490 e. The first-order valence-corrected chi connectivity index (χ1v) is 12.6. The zero-order chi connectivity index (χ0) is 25.2. The number of ether oxygens (including phenoxy) is 1. The van der Waals surface area contributed by atoms with E-state index in [1.54, 1.807) is 36.4 Å². The molecule has 5 nitrogen and oxygen atoms in total. The van der Waals surface area contributed by atoms with Gasteiger partial charge in [0.15, 0.2) is 0 Å². The molecule has 0 N–H and O–H groups in total. The maximum absolute atomic E-state index is 13.5. The molecule has 3 aromatic carbocycles. The lowest BCUT2D eigenvalue weighted by Crippen LogP contribution is -2.32. The Labute approximate surface area is 221 Å². The summed E-state index contributed by atoms with van der Waals surface area (Å²) in [5.74, 6) is -0.267. The van der Waals surface area contributed by atoms with Crippen LogP contribution in [0.3, 0.4) is 0 Å². The number of halogens is 3. The summed E-state index contributed by atoms with van der Waals surface area (Å²) in [5.41, 5.74) is 2.49. The number of carbonyl (C=O) groups excluding carboxylic acids is 2. The zero-order valence-electron chi connectivity index (χ0n) is 18.8. The smallest absolute Gasteiger partial charge is 0.293 e. The molecule has 36 heavy (non-hydrogen) atoms. The molecule has 1 aromatic heterocycles. The first-order valence-electron chi connectivity index (χ1n) is 11.1. The van der Waals surface area contributed by atoms with E-state index in [2.05, 4.69) is 0 Å². The Kier molecular flexibility index (Phi) is 7.05. The summed E-state index contributed by atoms with van der Waals surface area (Å²) in [6.45, 7) is 0.666. The molecule has 4 aromatic rings. The highest BCUT2D eigenvalue weighted by molar-refractivity contribution is 8.18. The van der Waals surface area contributed by atoms with Crippen LogP contribution in [0.4, 0.5) is 9.18 Å². The number of fused-ring (bicyclic) bond motifs is 1. The van der Waals surface area contributed by atoms with E-state index < -0.39 is 5.82 Å². The number of imide groups is 1. The minimum atomic E-state index is -0.394. The van der Waals surface area contributed by atoms with Gasteiger partial charge in [0.25, 0.3) is 11.1 Å². The normalized spacial score (nSPS) is 14.9. The highest BCUT2D eigenvalue weighted by Crippen LogP contribution is 2.34. The van der Waals surface area contributed by atoms with Crippen LogP contribution in [0.2, 0.25) is 10.0 Å². The third-order valence-corrected chi connectivity index (χ3v) is 7.32. The van der Waals surface area contributed by atoms with Gasteiger partial charge in [-0.15, -0.1) is 0 Å². The second-order valence-corrected chi connectivity index (χ2v) is 9.89. The maximum Gasteiger partial charge on any atom is 0.293 e. The van der Waals surface area contributed by atoms with Gasteiger partial charge in [0.1, 0.15) is 18.2 Å². The Bertz CT molecular complexity index is 1520. The van der Waals surface area contributed by atoms with Gasteiger partial charge in [-0.1, -0.05) is 59.6 Å². The molecule has 9 heteroatoms. The molecule has 0 radical (unpaired) electrons. The monoisotopic (exact) mass is 540 g/mol. The lowest BCUT2D eigenvalue weighted by atomic mass is 10.1. The molecule has 0 unspecified atom stereocenters. The summed E-state index contributed by atoms with van der Waals surface area (Å²) in [7, 11) is 0. The van der Waals surface area contributed by atoms with Gasteiger partial charge in [-0.2, -0.15) is 0 Å². The molecule has 0 bridgehead atoms. The molecule has 1 aliphatic heterocycles. The number of nitrogens with zero attached hydrogens (tertiary/aromatic N) is 2. The van der Waals surface area contributed by atoms with Gasteiger partial charge in [0, 0.05) is 34.2 Å². The predicted molar refractivity (Wildman–Crippen MR) is 142 cm³/mol. The molecule has 1 saturated heterocycles. The van der Waals surface area contributed by atoms with Crippen molar-refractivity contribution >= 4 is 63.1 Å². The molecule has 2 heterocycles. The maximum atomic E-state index is 13.5. The van der Waals surface area contributed by atoms with E-state index in [0.717, 1.165) is 33.8 Å². The number of benzene rings is 3. The number of para-hydroxylation sites is 2. The summed E-state index contributed by atoms with van der Waals surface area (Å²) in [4.78, 5) is 27.1. The average molecular weight is 541 g/mol. The van der Waals surface area contributed by atoms with E-state index >= 15 is 0 Å². The summed E-state index contributed by atoms with van der Waals surface area (Å²) in [6.07, 6.45) is 3.63. The number of aromatic nitrogens is 1. The van der Waals surface area contributed by atoms with E-state index in [1.807, 2.05) is 35.0 Å². The van der Waals surface area contributed by atoms with Crippen LogP contribution >= 0.6 is 35.0 Å². The van der Waals surface area contributed by atoms with Gasteiger partial charge in [-0.3, -0.25) is 14.5 Å². The van der Waals surface area contributed by atoms with Crippen molar-refractivity contribution < 1.29 is 18.7 Å². The Morgan fingerprint density at radius 2 is 1.75 bits per heavy atom. The van der Waals surface area contributed by atoms with Crippen molar-refractivity contribution in [3.63, 3.8) is 0 Å². The quantitative estimate of drug-likeness (QED) is 0.231. The number of hydrogen-bond acceptors (Lipinski definition) is 4. The third kappa shape index (κ3) is 5.00. The van der Waals surface area contributed by atoms with Crippen LogP contribution in [0.5, 0.6) is 5.75 Å². The van der Waals surface area contributed by atoms with Gasteiger partial charge in [-0.25, -0.2) is 4.39 Å².